The monoisotopic (exact) mass is 283 g/mol. The van der Waals surface area contributed by atoms with E-state index in [4.69, 9.17) is 26.8 Å². The number of nitrogens with two attached hydrogens (primary N) is 1. The molecule has 3 unspecified atom stereocenters. The molecule has 0 aliphatic carbocycles. The van der Waals surface area contributed by atoms with Crippen LogP contribution in [0.15, 0.2) is 18.2 Å². The van der Waals surface area contributed by atoms with Gasteiger partial charge in [0.1, 0.15) is 5.75 Å². The van der Waals surface area contributed by atoms with E-state index in [0.717, 1.165) is 42.2 Å². The first-order chi connectivity index (χ1) is 9.15. The first kappa shape index (κ1) is 14.6. The fourth-order valence-electron chi connectivity index (χ4n) is 2.89. The standard InChI is InChI=1S/C15H22ClNO2/c1-3-14-12(6-7-19-14)13(17)9-10-8-11(16)4-5-15(10)18-2/h4-5,8,12-14H,3,6-7,9,17H2,1-2H3. The Balaban J connectivity index is 2.09. The molecule has 0 bridgehead atoms. The molecule has 0 radical (unpaired) electrons. The Morgan fingerprint density at radius 2 is 2.32 bits per heavy atom. The van der Waals surface area contributed by atoms with Crippen molar-refractivity contribution in [3.05, 3.63) is 28.8 Å². The molecule has 0 amide bonds. The first-order valence-electron chi connectivity index (χ1n) is 6.85. The second kappa shape index (κ2) is 6.60. The summed E-state index contributed by atoms with van der Waals surface area (Å²) in [5.74, 6) is 1.28. The van der Waals surface area contributed by atoms with Crippen LogP contribution in [-0.4, -0.2) is 25.9 Å². The quantitative estimate of drug-likeness (QED) is 0.903. The summed E-state index contributed by atoms with van der Waals surface area (Å²) in [6, 6.07) is 5.76. The lowest BCUT2D eigenvalue weighted by Crippen LogP contribution is -2.37. The summed E-state index contributed by atoms with van der Waals surface area (Å²) in [4.78, 5) is 0. The van der Waals surface area contributed by atoms with Gasteiger partial charge in [-0.25, -0.2) is 0 Å². The van der Waals surface area contributed by atoms with E-state index in [-0.39, 0.29) is 6.04 Å². The molecule has 0 spiro atoms. The first-order valence-corrected chi connectivity index (χ1v) is 7.23. The Labute approximate surface area is 120 Å². The van der Waals surface area contributed by atoms with Gasteiger partial charge in [-0.2, -0.15) is 0 Å². The summed E-state index contributed by atoms with van der Waals surface area (Å²) >= 11 is 6.05. The molecule has 106 valence electrons. The Hall–Kier alpha value is -0.770. The number of methoxy groups -OCH3 is 1. The Morgan fingerprint density at radius 3 is 3.00 bits per heavy atom. The number of hydrogen-bond donors (Lipinski definition) is 1. The minimum atomic E-state index is 0.0832. The third kappa shape index (κ3) is 3.41. The van der Waals surface area contributed by atoms with Crippen molar-refractivity contribution in [2.75, 3.05) is 13.7 Å². The van der Waals surface area contributed by atoms with Crippen molar-refractivity contribution in [1.29, 1.82) is 0 Å². The molecular formula is C15H22ClNO2. The topological polar surface area (TPSA) is 44.5 Å². The smallest absolute Gasteiger partial charge is 0.122 e. The molecular weight excluding hydrogens is 262 g/mol. The molecule has 3 nitrogen and oxygen atoms in total. The average molecular weight is 284 g/mol. The average Bonchev–Trinajstić information content (AvgIpc) is 2.87. The lowest BCUT2D eigenvalue weighted by Gasteiger charge is -2.24. The Bertz CT molecular complexity index is 425. The molecule has 0 saturated carbocycles. The lowest BCUT2D eigenvalue weighted by molar-refractivity contribution is 0.0813. The zero-order chi connectivity index (χ0) is 13.8. The van der Waals surface area contributed by atoms with Crippen molar-refractivity contribution in [3.8, 4) is 5.75 Å². The second-order valence-electron chi connectivity index (χ2n) is 5.09. The van der Waals surface area contributed by atoms with Gasteiger partial charge in [0.2, 0.25) is 0 Å². The molecule has 1 fully saturated rings. The number of ether oxygens (including phenoxy) is 2. The SMILES string of the molecule is CCC1OCCC1C(N)Cc1cc(Cl)ccc1OC. The van der Waals surface area contributed by atoms with Gasteiger partial charge in [0.05, 0.1) is 13.2 Å². The van der Waals surface area contributed by atoms with Crippen LogP contribution in [0, 0.1) is 5.92 Å². The third-order valence-corrected chi connectivity index (χ3v) is 4.15. The van der Waals surface area contributed by atoms with Gasteiger partial charge in [-0.3, -0.25) is 0 Å². The van der Waals surface area contributed by atoms with Gasteiger partial charge in [0.15, 0.2) is 0 Å². The van der Waals surface area contributed by atoms with Crippen molar-refractivity contribution in [2.45, 2.75) is 38.3 Å². The van der Waals surface area contributed by atoms with Crippen LogP contribution in [-0.2, 0) is 11.2 Å². The summed E-state index contributed by atoms with van der Waals surface area (Å²) in [5, 5.41) is 0.720. The zero-order valence-corrected chi connectivity index (χ0v) is 12.3. The van der Waals surface area contributed by atoms with E-state index < -0.39 is 0 Å². The summed E-state index contributed by atoms with van der Waals surface area (Å²) in [5.41, 5.74) is 7.45. The molecule has 1 aromatic rings. The highest BCUT2D eigenvalue weighted by atomic mass is 35.5. The molecule has 1 aliphatic heterocycles. The maximum atomic E-state index is 6.37. The van der Waals surface area contributed by atoms with Crippen molar-refractivity contribution >= 4 is 11.6 Å². The molecule has 2 N–H and O–H groups in total. The fraction of sp³-hybridized carbons (Fsp3) is 0.600. The van der Waals surface area contributed by atoms with E-state index in [9.17, 15) is 0 Å². The lowest BCUT2D eigenvalue weighted by atomic mass is 9.88. The van der Waals surface area contributed by atoms with Crippen molar-refractivity contribution in [3.63, 3.8) is 0 Å². The number of halogens is 1. The molecule has 1 saturated heterocycles. The summed E-state index contributed by atoms with van der Waals surface area (Å²) in [6.45, 7) is 2.97. The van der Waals surface area contributed by atoms with Crippen LogP contribution in [0.4, 0.5) is 0 Å². The van der Waals surface area contributed by atoms with E-state index in [2.05, 4.69) is 6.92 Å². The minimum absolute atomic E-state index is 0.0832. The molecule has 0 aromatic heterocycles. The van der Waals surface area contributed by atoms with Crippen LogP contribution in [0.25, 0.3) is 0 Å². The van der Waals surface area contributed by atoms with Crippen molar-refractivity contribution in [1.82, 2.24) is 0 Å². The maximum absolute atomic E-state index is 6.37. The van der Waals surface area contributed by atoms with Gasteiger partial charge < -0.3 is 15.2 Å². The van der Waals surface area contributed by atoms with Crippen LogP contribution >= 0.6 is 11.6 Å². The van der Waals surface area contributed by atoms with Gasteiger partial charge in [0, 0.05) is 23.6 Å². The molecule has 1 heterocycles. The van der Waals surface area contributed by atoms with E-state index in [1.165, 1.54) is 0 Å². The summed E-state index contributed by atoms with van der Waals surface area (Å²) in [7, 11) is 1.67. The van der Waals surface area contributed by atoms with Gasteiger partial charge in [-0.1, -0.05) is 18.5 Å². The second-order valence-corrected chi connectivity index (χ2v) is 5.53. The van der Waals surface area contributed by atoms with E-state index in [0.29, 0.717) is 12.0 Å². The van der Waals surface area contributed by atoms with Crippen LogP contribution in [0.3, 0.4) is 0 Å². The van der Waals surface area contributed by atoms with Gasteiger partial charge in [-0.15, -0.1) is 0 Å². The number of benzene rings is 1. The normalized spacial score (nSPS) is 24.4. The Morgan fingerprint density at radius 1 is 1.53 bits per heavy atom. The highest BCUT2D eigenvalue weighted by molar-refractivity contribution is 6.30. The van der Waals surface area contributed by atoms with Crippen molar-refractivity contribution in [2.24, 2.45) is 11.7 Å². The minimum Gasteiger partial charge on any atom is -0.496 e. The summed E-state index contributed by atoms with van der Waals surface area (Å²) in [6.07, 6.45) is 3.13. The van der Waals surface area contributed by atoms with Crippen LogP contribution in [0.2, 0.25) is 5.02 Å². The predicted molar refractivity (Wildman–Crippen MR) is 77.8 cm³/mol. The third-order valence-electron chi connectivity index (χ3n) is 3.91. The predicted octanol–water partition coefficient (Wildman–Crippen LogP) is 3.03. The number of rotatable bonds is 5. The molecule has 4 heteroatoms. The highest BCUT2D eigenvalue weighted by Crippen LogP contribution is 2.30. The number of hydrogen-bond acceptors (Lipinski definition) is 3. The van der Waals surface area contributed by atoms with E-state index in [1.54, 1.807) is 7.11 Å². The fourth-order valence-corrected chi connectivity index (χ4v) is 3.08. The maximum Gasteiger partial charge on any atom is 0.122 e. The van der Waals surface area contributed by atoms with Gasteiger partial charge in [0.25, 0.3) is 0 Å². The largest absolute Gasteiger partial charge is 0.496 e. The molecule has 1 aromatic carbocycles. The molecule has 19 heavy (non-hydrogen) atoms. The van der Waals surface area contributed by atoms with E-state index >= 15 is 0 Å². The van der Waals surface area contributed by atoms with Crippen LogP contribution in [0.5, 0.6) is 5.75 Å². The highest BCUT2D eigenvalue weighted by Gasteiger charge is 2.32. The van der Waals surface area contributed by atoms with Gasteiger partial charge in [-0.05, 0) is 43.0 Å². The zero-order valence-electron chi connectivity index (χ0n) is 11.6. The van der Waals surface area contributed by atoms with Crippen LogP contribution in [0.1, 0.15) is 25.3 Å². The van der Waals surface area contributed by atoms with Crippen LogP contribution < -0.4 is 10.5 Å². The Kier molecular flexibility index (Phi) is 5.08. The molecule has 2 rings (SSSR count). The van der Waals surface area contributed by atoms with E-state index in [1.807, 2.05) is 18.2 Å². The van der Waals surface area contributed by atoms with Crippen molar-refractivity contribution < 1.29 is 9.47 Å². The molecule has 1 aliphatic rings. The van der Waals surface area contributed by atoms with Gasteiger partial charge >= 0.3 is 0 Å². The summed E-state index contributed by atoms with van der Waals surface area (Å²) < 4.78 is 11.1. The molecule has 3 atom stereocenters.